The van der Waals surface area contributed by atoms with Gasteiger partial charge in [0.25, 0.3) is 5.91 Å². The maximum Gasteiger partial charge on any atom is 0.408 e. The van der Waals surface area contributed by atoms with Crippen LogP contribution >= 0.6 is 11.3 Å². The highest BCUT2D eigenvalue weighted by atomic mass is 32.2. The van der Waals surface area contributed by atoms with Crippen molar-refractivity contribution in [2.75, 3.05) is 12.4 Å². The van der Waals surface area contributed by atoms with E-state index in [-0.39, 0.29) is 25.0 Å². The summed E-state index contributed by atoms with van der Waals surface area (Å²) in [5, 5.41) is 11.8. The van der Waals surface area contributed by atoms with Crippen LogP contribution in [-0.2, 0) is 29.1 Å². The minimum Gasteiger partial charge on any atom is -0.497 e. The number of alkyl carbamates (subject to hydrolysis) is 1. The van der Waals surface area contributed by atoms with Gasteiger partial charge < -0.3 is 35.1 Å². The van der Waals surface area contributed by atoms with E-state index < -0.39 is 74.8 Å². The zero-order valence-corrected chi connectivity index (χ0v) is 36.4. The third-order valence-electron chi connectivity index (χ3n) is 12.5. The number of fused-ring (bicyclic) bond motifs is 2. The lowest BCUT2D eigenvalue weighted by Crippen LogP contribution is -2.59. The van der Waals surface area contributed by atoms with Crippen molar-refractivity contribution in [3.63, 3.8) is 0 Å². The summed E-state index contributed by atoms with van der Waals surface area (Å²) in [6.07, 6.45) is 7.49. The monoisotopic (exact) mass is 877 g/mol. The molecule has 3 aliphatic carbocycles. The molecule has 2 saturated heterocycles. The van der Waals surface area contributed by atoms with Gasteiger partial charge in [-0.3, -0.25) is 19.1 Å². The first-order valence-electron chi connectivity index (χ1n) is 21.5. The summed E-state index contributed by atoms with van der Waals surface area (Å²) in [7, 11) is -2.34. The number of benzene rings is 1. The summed E-state index contributed by atoms with van der Waals surface area (Å²) in [5.74, 6) is -1.37. The van der Waals surface area contributed by atoms with E-state index in [0.717, 1.165) is 43.7 Å². The number of rotatable bonds is 14. The number of anilines is 1. The molecule has 5 fully saturated rings. The second kappa shape index (κ2) is 17.4. The van der Waals surface area contributed by atoms with Crippen LogP contribution in [0.5, 0.6) is 11.5 Å². The highest BCUT2D eigenvalue weighted by Crippen LogP contribution is 2.46. The van der Waals surface area contributed by atoms with Crippen molar-refractivity contribution in [3.8, 4) is 22.9 Å². The Kier molecular flexibility index (Phi) is 12.2. The third-order valence-corrected chi connectivity index (χ3v) is 15.1. The Balaban J connectivity index is 1.14. The van der Waals surface area contributed by atoms with Crippen molar-refractivity contribution < 1.29 is 41.8 Å². The van der Waals surface area contributed by atoms with Crippen LogP contribution in [-0.4, -0.2) is 101 Å². The Bertz CT molecular complexity index is 2290. The molecule has 4 amide bonds. The highest BCUT2D eigenvalue weighted by molar-refractivity contribution is 7.91. The summed E-state index contributed by atoms with van der Waals surface area (Å²) in [6.45, 7) is 7.90. The summed E-state index contributed by atoms with van der Waals surface area (Å²) in [6, 6.07) is 4.74. The molecule has 1 aromatic carbocycles. The maximum absolute atomic E-state index is 14.9. The Hall–Kier alpha value is -4.97. The Morgan fingerprint density at radius 1 is 1.00 bits per heavy atom. The molecule has 3 aromatic rings. The molecule has 6 atom stereocenters. The minimum atomic E-state index is -3.92. The van der Waals surface area contributed by atoms with E-state index in [1.807, 2.05) is 43.5 Å². The lowest BCUT2D eigenvalue weighted by Gasteiger charge is -2.34. The van der Waals surface area contributed by atoms with E-state index in [0.29, 0.717) is 65.9 Å². The lowest BCUT2D eigenvalue weighted by molar-refractivity contribution is -0.143. The topological polar surface area (TPSA) is 207 Å². The quantitative estimate of drug-likeness (QED) is 0.147. The normalized spacial score (nSPS) is 26.7. The number of thiazole rings is 1. The van der Waals surface area contributed by atoms with Gasteiger partial charge in [-0.25, -0.2) is 23.2 Å². The first-order chi connectivity index (χ1) is 29.3. The molecular weight excluding hydrogens is 823 g/mol. The molecule has 4 N–H and O–H groups in total. The molecule has 3 saturated carbocycles. The van der Waals surface area contributed by atoms with Crippen molar-refractivity contribution in [1.82, 2.24) is 30.2 Å². The van der Waals surface area contributed by atoms with Crippen molar-refractivity contribution in [1.29, 1.82) is 0 Å². The molecule has 5 aliphatic rings. The zero-order valence-electron chi connectivity index (χ0n) is 34.8. The first kappa shape index (κ1) is 42.7. The third kappa shape index (κ3) is 9.15. The van der Waals surface area contributed by atoms with Crippen LogP contribution in [0.25, 0.3) is 22.3 Å². The number of hydrogen-bond donors (Lipinski definition) is 4. The van der Waals surface area contributed by atoms with Crippen molar-refractivity contribution >= 4 is 61.2 Å². The first-order valence-corrected chi connectivity index (χ1v) is 23.9. The molecular formula is C43H55N7O9S2. The number of amides is 4. The van der Waals surface area contributed by atoms with E-state index in [2.05, 4.69) is 27.3 Å². The number of carbonyl (C=O) groups excluding carboxylic acids is 4. The maximum atomic E-state index is 14.9. The van der Waals surface area contributed by atoms with Crippen molar-refractivity contribution in [2.24, 2.45) is 5.92 Å². The van der Waals surface area contributed by atoms with Gasteiger partial charge in [0.1, 0.15) is 47.0 Å². The average Bonchev–Trinajstić information content (AvgIpc) is 4.03. The van der Waals surface area contributed by atoms with Gasteiger partial charge in [0.15, 0.2) is 5.13 Å². The number of hydrogen-bond acceptors (Lipinski definition) is 13. The summed E-state index contributed by atoms with van der Waals surface area (Å²) in [5.41, 5.74) is 0.225. The number of methoxy groups -OCH3 is 1. The molecule has 8 rings (SSSR count). The zero-order chi connectivity index (χ0) is 43.1. The van der Waals surface area contributed by atoms with E-state index in [1.54, 1.807) is 7.11 Å². The second-order valence-electron chi connectivity index (χ2n) is 17.3. The highest BCUT2D eigenvalue weighted by Gasteiger charge is 2.62. The van der Waals surface area contributed by atoms with E-state index in [1.165, 1.54) is 22.3 Å². The lowest BCUT2D eigenvalue weighted by atomic mass is 10.0. The number of nitrogens with zero attached hydrogens (tertiary/aromatic N) is 3. The molecule has 2 aliphatic heterocycles. The van der Waals surface area contributed by atoms with Crippen LogP contribution in [0.15, 0.2) is 42.3 Å². The molecule has 4 heterocycles. The Morgan fingerprint density at radius 3 is 2.46 bits per heavy atom. The predicted octanol–water partition coefficient (Wildman–Crippen LogP) is 5.57. The molecule has 0 radical (unpaired) electrons. The van der Waals surface area contributed by atoms with Gasteiger partial charge in [-0.1, -0.05) is 25.3 Å². The van der Waals surface area contributed by atoms with Gasteiger partial charge in [0, 0.05) is 41.3 Å². The van der Waals surface area contributed by atoms with Crippen LogP contribution in [0.1, 0.15) is 97.3 Å². The smallest absolute Gasteiger partial charge is 0.408 e. The van der Waals surface area contributed by atoms with E-state index >= 15 is 0 Å². The van der Waals surface area contributed by atoms with Gasteiger partial charge in [-0.15, -0.1) is 17.9 Å². The van der Waals surface area contributed by atoms with Gasteiger partial charge >= 0.3 is 6.09 Å². The summed E-state index contributed by atoms with van der Waals surface area (Å²) in [4.78, 5) is 67.9. The molecule has 3 unspecified atom stereocenters. The number of carbonyl (C=O) groups is 4. The number of nitrogens with one attached hydrogen (secondary N) is 4. The predicted molar refractivity (Wildman–Crippen MR) is 230 cm³/mol. The molecule has 18 heteroatoms. The minimum absolute atomic E-state index is 0.0484. The van der Waals surface area contributed by atoms with Crippen LogP contribution in [0, 0.1) is 5.92 Å². The fourth-order valence-corrected chi connectivity index (χ4v) is 11.2. The van der Waals surface area contributed by atoms with Crippen LogP contribution in [0.2, 0.25) is 0 Å². The Morgan fingerprint density at radius 2 is 1.75 bits per heavy atom. The average molecular weight is 878 g/mol. The molecule has 61 heavy (non-hydrogen) atoms. The number of sulfonamides is 1. The van der Waals surface area contributed by atoms with Gasteiger partial charge in [0.2, 0.25) is 21.8 Å². The molecule has 0 spiro atoms. The standard InChI is InChI=1S/C43H55N7O9S2/c1-5-25-22-43(25,40(53)49-61(55,56)28-16-17-28)48-38(51)35-21-37(34-14-8-6-7-13-30(39(52)50(34)35)47-42(54)58-26-11-9-10-12-26)59-36-20-32(33-23-60-41(46-33)44-24(2)3)45-31-19-27(57-4)15-18-29(31)36/h5,15,18-20,23-26,28,30,34-35,37H,1,6-14,16-17,21-22H2,2-4H3,(H,44,46)(H,47,54)(H,48,51)(H,49,53)/t25-,30?,34?,35+,37-,43?/m1/s1. The molecule has 2 aromatic heterocycles. The van der Waals surface area contributed by atoms with Crippen LogP contribution < -0.4 is 30.1 Å². The number of aromatic nitrogens is 2. The van der Waals surface area contributed by atoms with Crippen molar-refractivity contribution in [2.45, 2.75) is 144 Å². The van der Waals surface area contributed by atoms with E-state index in [9.17, 15) is 27.6 Å². The van der Waals surface area contributed by atoms with Crippen molar-refractivity contribution in [3.05, 3.63) is 42.3 Å². The Labute approximate surface area is 360 Å². The van der Waals surface area contributed by atoms with E-state index in [4.69, 9.17) is 24.2 Å². The number of pyridine rings is 1. The second-order valence-corrected chi connectivity index (χ2v) is 20.1. The molecule has 16 nitrogen and oxygen atoms in total. The molecule has 0 bridgehead atoms. The SMILES string of the molecule is C=C[C@@H]1CC1(NC(=O)[C@@H]1C[C@@H](Oc2cc(-c3csc(NC(C)C)n3)nc3cc(OC)ccc23)C2CCCCCC(NC(=O)OC3CCCC3)C(=O)N21)C(=O)NS(=O)(=O)C1CC1. The van der Waals surface area contributed by atoms with Gasteiger partial charge in [-0.05, 0) is 83.8 Å². The van der Waals surface area contributed by atoms with Gasteiger partial charge in [0.05, 0.1) is 29.6 Å². The number of ether oxygens (including phenoxy) is 3. The van der Waals surface area contributed by atoms with Crippen LogP contribution in [0.3, 0.4) is 0 Å². The van der Waals surface area contributed by atoms with Gasteiger partial charge in [-0.2, -0.15) is 0 Å². The molecule has 328 valence electrons. The fourth-order valence-electron chi connectivity index (χ4n) is 8.97. The largest absolute Gasteiger partial charge is 0.497 e. The fraction of sp³-hybridized carbons (Fsp3) is 0.581. The summed E-state index contributed by atoms with van der Waals surface area (Å²) >= 11 is 1.46. The summed E-state index contributed by atoms with van der Waals surface area (Å²) < 4.78 is 46.2. The van der Waals surface area contributed by atoms with Crippen LogP contribution in [0.4, 0.5) is 9.93 Å².